The van der Waals surface area contributed by atoms with E-state index in [2.05, 4.69) is 10.6 Å². The number of carbonyl (C=O) groups excluding carboxylic acids is 3. The number of urea groups is 1. The van der Waals surface area contributed by atoms with Gasteiger partial charge in [-0.1, -0.05) is 30.6 Å². The number of nitrogens with one attached hydrogen (secondary N) is 2. The van der Waals surface area contributed by atoms with Crippen molar-refractivity contribution in [2.75, 3.05) is 10.6 Å². The zero-order valence-corrected chi connectivity index (χ0v) is 13.0. The van der Waals surface area contributed by atoms with E-state index in [1.807, 2.05) is 0 Å². The van der Waals surface area contributed by atoms with Crippen molar-refractivity contribution >= 4 is 39.2 Å². The first-order valence-electron chi connectivity index (χ1n) is 7.25. The highest BCUT2D eigenvalue weighted by atomic mass is 32.1. The fraction of sp³-hybridized carbons (Fsp3) is 0.500. The zero-order chi connectivity index (χ0) is 16.1. The maximum absolute atomic E-state index is 12.1. The molecule has 0 saturated heterocycles. The first-order valence-corrected chi connectivity index (χ1v) is 8.07. The van der Waals surface area contributed by atoms with Gasteiger partial charge in [-0.15, -0.1) is 0 Å². The van der Waals surface area contributed by atoms with Crippen LogP contribution in [0.1, 0.15) is 48.9 Å². The fourth-order valence-corrected chi connectivity index (χ4v) is 3.66. The van der Waals surface area contributed by atoms with Crippen LogP contribution in [0.15, 0.2) is 6.07 Å². The van der Waals surface area contributed by atoms with Crippen molar-refractivity contribution in [3.8, 4) is 0 Å². The van der Waals surface area contributed by atoms with Crippen LogP contribution in [0.5, 0.6) is 0 Å². The lowest BCUT2D eigenvalue weighted by atomic mass is 9.87. The number of nitrogens with two attached hydrogens (primary N) is 2. The Morgan fingerprint density at radius 2 is 1.82 bits per heavy atom. The Bertz CT molecular complexity index is 579. The molecule has 6 N–H and O–H groups in total. The molecule has 1 fully saturated rings. The second kappa shape index (κ2) is 7.26. The molecule has 7 nitrogen and oxygen atoms in total. The van der Waals surface area contributed by atoms with Crippen molar-refractivity contribution in [2.24, 2.45) is 17.4 Å². The summed E-state index contributed by atoms with van der Waals surface area (Å²) in [6.07, 6.45) is 6.23. The van der Waals surface area contributed by atoms with Crippen LogP contribution < -0.4 is 22.1 Å². The molecule has 2 rings (SSSR count). The van der Waals surface area contributed by atoms with Gasteiger partial charge in [-0.3, -0.25) is 14.9 Å². The molecular weight excluding hydrogens is 304 g/mol. The number of amides is 4. The monoisotopic (exact) mass is 324 g/mol. The highest BCUT2D eigenvalue weighted by Crippen LogP contribution is 2.33. The lowest BCUT2D eigenvalue weighted by Gasteiger charge is -2.20. The lowest BCUT2D eigenvalue weighted by Crippen LogP contribution is -2.21. The number of hydrogen-bond donors (Lipinski definition) is 4. The average molecular weight is 324 g/mol. The van der Waals surface area contributed by atoms with Crippen LogP contribution in [-0.2, 0) is 4.79 Å². The SMILES string of the molecule is NC(=O)Nc1sc(NC(=O)CC2CCCCC2)cc1C(N)=O. The summed E-state index contributed by atoms with van der Waals surface area (Å²) in [4.78, 5) is 34.3. The largest absolute Gasteiger partial charge is 0.366 e. The molecular formula is C14H20N4O3S. The van der Waals surface area contributed by atoms with Gasteiger partial charge in [-0.2, -0.15) is 0 Å². The van der Waals surface area contributed by atoms with Crippen LogP contribution in [0.25, 0.3) is 0 Å². The summed E-state index contributed by atoms with van der Waals surface area (Å²) < 4.78 is 0. The molecule has 0 atom stereocenters. The molecule has 0 aromatic carbocycles. The maximum Gasteiger partial charge on any atom is 0.317 e. The first kappa shape index (κ1) is 16.3. The average Bonchev–Trinajstić information content (AvgIpc) is 2.81. The van der Waals surface area contributed by atoms with Crippen LogP contribution in [0.4, 0.5) is 14.8 Å². The molecule has 0 bridgehead atoms. The van der Waals surface area contributed by atoms with Gasteiger partial charge in [-0.05, 0) is 24.8 Å². The Morgan fingerprint density at radius 3 is 2.41 bits per heavy atom. The summed E-state index contributed by atoms with van der Waals surface area (Å²) in [5.74, 6) is -0.352. The molecule has 120 valence electrons. The Morgan fingerprint density at radius 1 is 1.14 bits per heavy atom. The molecule has 8 heteroatoms. The normalized spacial score (nSPS) is 15.3. The second-order valence-electron chi connectivity index (χ2n) is 5.46. The number of primary amides is 2. The van der Waals surface area contributed by atoms with Gasteiger partial charge in [0.1, 0.15) is 5.00 Å². The molecule has 1 aliphatic rings. The molecule has 1 aromatic rings. The van der Waals surface area contributed by atoms with Gasteiger partial charge in [0, 0.05) is 6.42 Å². The van der Waals surface area contributed by atoms with E-state index in [-0.39, 0.29) is 16.5 Å². The van der Waals surface area contributed by atoms with Crippen LogP contribution >= 0.6 is 11.3 Å². The first-order chi connectivity index (χ1) is 10.5. The van der Waals surface area contributed by atoms with Gasteiger partial charge in [0.15, 0.2) is 0 Å². The van der Waals surface area contributed by atoms with E-state index in [1.54, 1.807) is 0 Å². The molecule has 0 radical (unpaired) electrons. The van der Waals surface area contributed by atoms with Gasteiger partial charge >= 0.3 is 6.03 Å². The molecule has 0 unspecified atom stereocenters. The molecule has 1 saturated carbocycles. The van der Waals surface area contributed by atoms with Crippen LogP contribution in [0, 0.1) is 5.92 Å². The van der Waals surface area contributed by atoms with E-state index >= 15 is 0 Å². The minimum atomic E-state index is -0.788. The highest BCUT2D eigenvalue weighted by molar-refractivity contribution is 7.20. The third-order valence-electron chi connectivity index (χ3n) is 3.70. The number of hydrogen-bond acceptors (Lipinski definition) is 4. The Labute approximate surface area is 132 Å². The Kier molecular flexibility index (Phi) is 5.37. The molecule has 0 spiro atoms. The van der Waals surface area contributed by atoms with Gasteiger partial charge < -0.3 is 16.8 Å². The number of carbonyl (C=O) groups is 3. The Hall–Kier alpha value is -2.09. The summed E-state index contributed by atoms with van der Waals surface area (Å²) in [6.45, 7) is 0. The van der Waals surface area contributed by atoms with Crippen molar-refractivity contribution in [1.29, 1.82) is 0 Å². The van der Waals surface area contributed by atoms with Crippen molar-refractivity contribution in [3.63, 3.8) is 0 Å². The minimum Gasteiger partial charge on any atom is -0.366 e. The van der Waals surface area contributed by atoms with E-state index in [0.29, 0.717) is 17.3 Å². The molecule has 1 aliphatic carbocycles. The quantitative estimate of drug-likeness (QED) is 0.663. The van der Waals surface area contributed by atoms with E-state index in [1.165, 1.54) is 25.3 Å². The highest BCUT2D eigenvalue weighted by Gasteiger charge is 2.19. The molecule has 22 heavy (non-hydrogen) atoms. The van der Waals surface area contributed by atoms with Crippen molar-refractivity contribution < 1.29 is 14.4 Å². The molecule has 4 amide bonds. The predicted octanol–water partition coefficient (Wildman–Crippen LogP) is 2.25. The van der Waals surface area contributed by atoms with Crippen molar-refractivity contribution in [3.05, 3.63) is 11.6 Å². The minimum absolute atomic E-state index is 0.0882. The number of anilines is 2. The van der Waals surface area contributed by atoms with E-state index in [4.69, 9.17) is 11.5 Å². The van der Waals surface area contributed by atoms with Crippen LogP contribution in [-0.4, -0.2) is 17.8 Å². The van der Waals surface area contributed by atoms with Gasteiger partial charge in [0.2, 0.25) is 5.91 Å². The summed E-state index contributed by atoms with van der Waals surface area (Å²) >= 11 is 1.06. The maximum atomic E-state index is 12.1. The zero-order valence-electron chi connectivity index (χ0n) is 12.2. The topological polar surface area (TPSA) is 127 Å². The predicted molar refractivity (Wildman–Crippen MR) is 85.9 cm³/mol. The summed E-state index contributed by atoms with van der Waals surface area (Å²) in [6, 6.07) is 0.668. The van der Waals surface area contributed by atoms with Crippen molar-refractivity contribution in [2.45, 2.75) is 38.5 Å². The standard InChI is InChI=1S/C14H20N4O3S/c15-12(20)9-7-11(22-13(9)18-14(16)21)17-10(19)6-8-4-2-1-3-5-8/h7-8H,1-6H2,(H2,15,20)(H,17,19)(H3,16,18,21). The fourth-order valence-electron chi connectivity index (χ4n) is 2.68. The van der Waals surface area contributed by atoms with E-state index < -0.39 is 11.9 Å². The van der Waals surface area contributed by atoms with Crippen LogP contribution in [0.2, 0.25) is 0 Å². The van der Waals surface area contributed by atoms with E-state index in [9.17, 15) is 14.4 Å². The Balaban J connectivity index is 2.00. The number of thiophene rings is 1. The van der Waals surface area contributed by atoms with Crippen LogP contribution in [0.3, 0.4) is 0 Å². The molecule has 1 heterocycles. The molecule has 0 aliphatic heterocycles. The lowest BCUT2D eigenvalue weighted by molar-refractivity contribution is -0.117. The summed E-state index contributed by atoms with van der Waals surface area (Å²) in [5.41, 5.74) is 10.4. The third kappa shape index (κ3) is 4.45. The van der Waals surface area contributed by atoms with Gasteiger partial charge in [0.25, 0.3) is 5.91 Å². The van der Waals surface area contributed by atoms with Gasteiger partial charge in [-0.25, -0.2) is 4.79 Å². The molecule has 1 aromatic heterocycles. The van der Waals surface area contributed by atoms with Gasteiger partial charge in [0.05, 0.1) is 10.6 Å². The smallest absolute Gasteiger partial charge is 0.317 e. The number of rotatable bonds is 5. The third-order valence-corrected chi connectivity index (χ3v) is 4.66. The summed E-state index contributed by atoms with van der Waals surface area (Å²) in [5, 5.41) is 5.81. The second-order valence-corrected chi connectivity index (χ2v) is 6.52. The van der Waals surface area contributed by atoms with E-state index in [0.717, 1.165) is 24.2 Å². The van der Waals surface area contributed by atoms with Crippen molar-refractivity contribution in [1.82, 2.24) is 0 Å². The summed E-state index contributed by atoms with van der Waals surface area (Å²) in [7, 11) is 0.